The molecule has 0 amide bonds. The number of piperazine rings is 1. The smallest absolute Gasteiger partial charge is 0.341 e. The number of hydrogen-bond acceptors (Lipinski definition) is 10. The van der Waals surface area contributed by atoms with Gasteiger partial charge < -0.3 is 39.5 Å². The van der Waals surface area contributed by atoms with Crippen molar-refractivity contribution in [1.82, 2.24) is 9.47 Å². The number of carbonyl (C=O) groups excluding carboxylic acids is 2. The fourth-order valence-corrected chi connectivity index (χ4v) is 10.9. The third-order valence-corrected chi connectivity index (χ3v) is 14.0. The molecule has 3 saturated carbocycles. The highest BCUT2D eigenvalue weighted by Crippen LogP contribution is 2.70. The molecule has 9 atom stereocenters. The van der Waals surface area contributed by atoms with E-state index < -0.39 is 69.6 Å². The van der Waals surface area contributed by atoms with Crippen molar-refractivity contribution in [2.24, 2.45) is 28.6 Å². The highest BCUT2D eigenvalue weighted by Gasteiger charge is 2.75. The van der Waals surface area contributed by atoms with Crippen LogP contribution in [0.2, 0.25) is 0 Å². The van der Waals surface area contributed by atoms with Gasteiger partial charge in [0.25, 0.3) is 0 Å². The first-order valence-corrected chi connectivity index (χ1v) is 18.7. The largest absolute Gasteiger partial charge is 0.487 e. The number of alkyl halides is 1. The molecule has 0 spiro atoms. The summed E-state index contributed by atoms with van der Waals surface area (Å²) in [4.78, 5) is 52.5. The molecule has 0 radical (unpaired) electrons. The Morgan fingerprint density at radius 2 is 1.78 bits per heavy atom. The van der Waals surface area contributed by atoms with Gasteiger partial charge in [0.05, 0.1) is 23.0 Å². The first kappa shape index (κ1) is 38.3. The van der Waals surface area contributed by atoms with Crippen LogP contribution in [0.5, 0.6) is 5.75 Å². The van der Waals surface area contributed by atoms with Crippen molar-refractivity contribution in [3.8, 4) is 5.75 Å². The molecule has 4 aliphatic carbocycles. The first-order chi connectivity index (χ1) is 25.3. The van der Waals surface area contributed by atoms with Crippen molar-refractivity contribution < 1.29 is 48.3 Å². The normalized spacial score (nSPS) is 37.0. The number of aromatic nitrogens is 1. The number of ether oxygens (including phenoxy) is 1. The number of hydrogen-bond donors (Lipinski definition) is 4. The van der Waals surface area contributed by atoms with E-state index in [9.17, 15) is 44.0 Å². The van der Waals surface area contributed by atoms with E-state index in [0.717, 1.165) is 19.2 Å². The monoisotopic (exact) mass is 753 g/mol. The Morgan fingerprint density at radius 3 is 2.43 bits per heavy atom. The number of benzene rings is 1. The van der Waals surface area contributed by atoms with Gasteiger partial charge in [-0.2, -0.15) is 0 Å². The fourth-order valence-electron chi connectivity index (χ4n) is 10.9. The molecule has 1 aromatic heterocycles. The minimum Gasteiger partial charge on any atom is -0.487 e. The van der Waals surface area contributed by atoms with Crippen LogP contribution in [-0.2, 0) is 9.59 Å². The summed E-state index contributed by atoms with van der Waals surface area (Å²) in [6.45, 7) is 9.56. The molecule has 292 valence electrons. The van der Waals surface area contributed by atoms with Gasteiger partial charge in [-0.3, -0.25) is 14.4 Å². The van der Waals surface area contributed by atoms with E-state index in [2.05, 4.69) is 4.90 Å². The maximum atomic E-state index is 16.9. The minimum atomic E-state index is -1.98. The number of Topliss-reactive ketones (excluding diaryl/α,β-unsaturated/α-hetero) is 1. The van der Waals surface area contributed by atoms with Crippen molar-refractivity contribution in [2.75, 3.05) is 51.3 Å². The molecule has 4 fully saturated rings. The zero-order valence-electron chi connectivity index (χ0n) is 31.3. The van der Waals surface area contributed by atoms with E-state index in [1.165, 1.54) is 18.3 Å². The zero-order chi connectivity index (χ0) is 39.3. The van der Waals surface area contributed by atoms with Crippen LogP contribution in [0, 0.1) is 34.4 Å². The average Bonchev–Trinajstić information content (AvgIpc) is 3.33. The van der Waals surface area contributed by atoms with Crippen molar-refractivity contribution in [2.45, 2.75) is 76.8 Å². The van der Waals surface area contributed by atoms with E-state index in [4.69, 9.17) is 4.74 Å². The summed E-state index contributed by atoms with van der Waals surface area (Å²) in [6, 6.07) is 0.994. The van der Waals surface area contributed by atoms with Crippen LogP contribution in [0.3, 0.4) is 0 Å². The van der Waals surface area contributed by atoms with E-state index in [0.29, 0.717) is 54.9 Å². The standard InChI is InChI=1S/C22H29FO5.C18H20FN3O4/c1-12-8-16-15-5-4-13-9-14(25)6-7-19(13,2)21(15,23)17(26)10-20(16,3)22(12,28)18(27)11-24;1-10-9-26-17-14-11(16(23)12(18(24)25)8-22(10)14)7-13(19)15(17)21-5-3-20(2)4-6-21/h6-7,9,12,15-17,24,26,28H,4-5,8,10-11H2,1-3H3;7-8,10H,3-6,9H2,1-2H3,(H,24,25)/t12-,15+,16+,17+,19+,20+,21+,22+;10-/m10/s1. The second kappa shape index (κ2) is 13.1. The lowest BCUT2D eigenvalue weighted by atomic mass is 9.44. The lowest BCUT2D eigenvalue weighted by Crippen LogP contribution is -2.69. The van der Waals surface area contributed by atoms with Gasteiger partial charge in [0.2, 0.25) is 5.43 Å². The van der Waals surface area contributed by atoms with Gasteiger partial charge in [0.15, 0.2) is 28.8 Å². The van der Waals surface area contributed by atoms with Crippen LogP contribution in [0.25, 0.3) is 10.9 Å². The van der Waals surface area contributed by atoms with E-state index in [1.54, 1.807) is 31.4 Å². The predicted octanol–water partition coefficient (Wildman–Crippen LogP) is 3.44. The molecule has 1 aromatic carbocycles. The predicted molar refractivity (Wildman–Crippen MR) is 195 cm³/mol. The number of ketones is 2. The third kappa shape index (κ3) is 5.19. The molecule has 14 heteroatoms. The number of halogens is 2. The van der Waals surface area contributed by atoms with Gasteiger partial charge in [-0.05, 0) is 76.6 Å². The molecule has 1 saturated heterocycles. The lowest BCUT2D eigenvalue weighted by molar-refractivity contribution is -0.219. The number of aliphatic hydroxyl groups is 3. The number of anilines is 1. The van der Waals surface area contributed by atoms with Gasteiger partial charge in [-0.15, -0.1) is 0 Å². The number of nitrogens with zero attached hydrogens (tertiary/aromatic N) is 3. The molecule has 0 unspecified atom stereocenters. The average molecular weight is 754 g/mol. The number of carboxylic acid groups (broad SMARTS) is 1. The molecule has 54 heavy (non-hydrogen) atoms. The summed E-state index contributed by atoms with van der Waals surface area (Å²) in [5.74, 6) is -3.66. The van der Waals surface area contributed by atoms with Crippen LogP contribution in [0.1, 0.15) is 69.8 Å². The summed E-state index contributed by atoms with van der Waals surface area (Å²) in [7, 11) is 2.02. The third-order valence-electron chi connectivity index (χ3n) is 14.0. The number of carbonyl (C=O) groups is 3. The number of likely N-dealkylation sites (N-methyl/N-ethyl adjacent to an activating group) is 1. The van der Waals surface area contributed by atoms with Crippen molar-refractivity contribution in [3.05, 3.63) is 57.7 Å². The molecule has 2 aromatic rings. The van der Waals surface area contributed by atoms with Gasteiger partial charge in [-0.1, -0.05) is 25.5 Å². The molecule has 6 aliphatic rings. The second-order valence-electron chi connectivity index (χ2n) is 16.7. The Bertz CT molecular complexity index is 2060. The molecule has 8 rings (SSSR count). The molecule has 12 nitrogen and oxygen atoms in total. The Morgan fingerprint density at radius 1 is 1.09 bits per heavy atom. The molecular weight excluding hydrogens is 704 g/mol. The maximum Gasteiger partial charge on any atom is 0.341 e. The summed E-state index contributed by atoms with van der Waals surface area (Å²) in [6.07, 6.45) is 5.78. The van der Waals surface area contributed by atoms with Crippen LogP contribution >= 0.6 is 0 Å². The maximum absolute atomic E-state index is 16.9. The number of rotatable bonds is 4. The Kier molecular flexibility index (Phi) is 9.27. The first-order valence-electron chi connectivity index (χ1n) is 18.7. The Labute approximate surface area is 311 Å². The summed E-state index contributed by atoms with van der Waals surface area (Å²) in [5, 5.41) is 41.3. The van der Waals surface area contributed by atoms with Crippen molar-refractivity contribution in [1.29, 1.82) is 0 Å². The van der Waals surface area contributed by atoms with E-state index in [-0.39, 0.29) is 41.7 Å². The SMILES string of the molecule is C[C@@H]1C[C@H]2[C@@H]3CCC4=CC(=O)C=C[C@]4(C)[C@@]3(F)[C@@H](O)C[C@]2(C)[C@@]1(O)C(=O)CO.C[C@H]1COc2c(N3CCN(C)CC3)c(F)cc3c(=O)c(C(=O)O)cn1c23. The lowest BCUT2D eigenvalue weighted by Gasteiger charge is -2.62. The van der Waals surface area contributed by atoms with E-state index >= 15 is 4.39 Å². The molecule has 2 aliphatic heterocycles. The molecule has 0 bridgehead atoms. The van der Waals surface area contributed by atoms with Gasteiger partial charge >= 0.3 is 5.97 Å². The van der Waals surface area contributed by atoms with Crippen molar-refractivity contribution >= 4 is 34.1 Å². The Balaban J connectivity index is 0.000000167. The fraction of sp³-hybridized carbons (Fsp3) is 0.600. The molecule has 4 N–H and O–H groups in total. The van der Waals surface area contributed by atoms with Gasteiger partial charge in [-0.25, -0.2) is 13.6 Å². The van der Waals surface area contributed by atoms with Crippen LogP contribution in [0.15, 0.2) is 40.9 Å². The van der Waals surface area contributed by atoms with Crippen LogP contribution in [-0.4, -0.2) is 111 Å². The molecular formula is C40H49F2N3O9. The van der Waals surface area contributed by atoms with Gasteiger partial charge in [0.1, 0.15) is 30.1 Å². The van der Waals surface area contributed by atoms with Crippen LogP contribution in [0.4, 0.5) is 14.5 Å². The number of carboxylic acids is 1. The van der Waals surface area contributed by atoms with Crippen LogP contribution < -0.4 is 15.1 Å². The summed E-state index contributed by atoms with van der Waals surface area (Å²) < 4.78 is 39.4. The zero-order valence-corrected chi connectivity index (χ0v) is 31.3. The van der Waals surface area contributed by atoms with Crippen molar-refractivity contribution in [3.63, 3.8) is 0 Å². The molecule has 3 heterocycles. The highest BCUT2D eigenvalue weighted by atomic mass is 19.1. The van der Waals surface area contributed by atoms with E-state index in [1.807, 2.05) is 18.9 Å². The quantitative estimate of drug-likeness (QED) is 0.361. The number of aliphatic hydroxyl groups excluding tert-OH is 2. The number of fused-ring (bicyclic) bond motifs is 5. The summed E-state index contributed by atoms with van der Waals surface area (Å²) >= 11 is 0. The van der Waals surface area contributed by atoms with Gasteiger partial charge in [0, 0.05) is 49.1 Å². The second-order valence-corrected chi connectivity index (χ2v) is 16.7. The topological polar surface area (TPSA) is 170 Å². The number of pyridine rings is 1. The highest BCUT2D eigenvalue weighted by molar-refractivity contribution is 6.01. The number of aromatic carboxylic acids is 1. The number of allylic oxidation sites excluding steroid dienone is 4. The summed E-state index contributed by atoms with van der Waals surface area (Å²) in [5.41, 5.74) is -5.39. The Hall–Kier alpha value is -3.98. The minimum absolute atomic E-state index is 0.0434.